The van der Waals surface area contributed by atoms with Crippen LogP contribution in [0.15, 0.2) is 48.5 Å². The Labute approximate surface area is 153 Å². The minimum atomic E-state index is -0.761. The van der Waals surface area contributed by atoms with Crippen LogP contribution in [0.2, 0.25) is 10.0 Å². The van der Waals surface area contributed by atoms with Gasteiger partial charge in [-0.1, -0.05) is 61.3 Å². The fraction of sp³-hybridized carbons (Fsp3) is 0.400. The van der Waals surface area contributed by atoms with Crippen molar-refractivity contribution >= 4 is 23.2 Å². The number of halogens is 2. The Morgan fingerprint density at radius 3 is 1.46 bits per heavy atom. The van der Waals surface area contributed by atoms with Crippen molar-refractivity contribution in [3.05, 3.63) is 69.7 Å². The summed E-state index contributed by atoms with van der Waals surface area (Å²) in [6.07, 6.45) is 0. The number of piperidine rings is 1. The van der Waals surface area contributed by atoms with Crippen LogP contribution in [0.1, 0.15) is 44.0 Å². The minimum Gasteiger partial charge on any atom is -0.389 e. The molecule has 0 radical (unpaired) electrons. The molecule has 2 aromatic rings. The van der Waals surface area contributed by atoms with E-state index in [1.165, 1.54) is 11.1 Å². The van der Waals surface area contributed by atoms with E-state index in [1.54, 1.807) is 0 Å². The Morgan fingerprint density at radius 1 is 0.792 bits per heavy atom. The third-order valence-corrected chi connectivity index (χ3v) is 6.35. The largest absolute Gasteiger partial charge is 0.389 e. The maximum absolute atomic E-state index is 11.2. The third-order valence-electron chi connectivity index (χ3n) is 5.85. The maximum atomic E-state index is 11.2. The second kappa shape index (κ2) is 6.68. The molecule has 1 unspecified atom stereocenters. The molecule has 1 aliphatic rings. The minimum absolute atomic E-state index is 0.122. The van der Waals surface area contributed by atoms with Gasteiger partial charge in [0.15, 0.2) is 0 Å². The molecule has 0 amide bonds. The summed E-state index contributed by atoms with van der Waals surface area (Å²) in [6, 6.07) is 16.3. The molecule has 0 aromatic heterocycles. The van der Waals surface area contributed by atoms with Crippen molar-refractivity contribution in [3.8, 4) is 0 Å². The van der Waals surface area contributed by atoms with Gasteiger partial charge in [-0.2, -0.15) is 0 Å². The van der Waals surface area contributed by atoms with Crippen molar-refractivity contribution in [3.63, 3.8) is 0 Å². The highest BCUT2D eigenvalue weighted by atomic mass is 35.5. The van der Waals surface area contributed by atoms with Crippen LogP contribution in [0.5, 0.6) is 0 Å². The smallest absolute Gasteiger partial charge is 0.117 e. The molecule has 1 saturated heterocycles. The van der Waals surface area contributed by atoms with E-state index >= 15 is 0 Å². The Hall–Kier alpha value is -1.06. The third kappa shape index (κ3) is 3.21. The standard InChI is InChI=1S/C20H23Cl2NO/c1-12-18(14-4-8-16(21)9-5-14)23-19(13(2)20(12,3)24)15-6-10-17(22)11-7-15/h4-13,18-19,23-24H,1-3H3/p+1/t12-,13+,18-,19-,20?/m0/s1. The predicted molar refractivity (Wildman–Crippen MR) is 99.3 cm³/mol. The van der Waals surface area contributed by atoms with E-state index in [-0.39, 0.29) is 23.9 Å². The summed E-state index contributed by atoms with van der Waals surface area (Å²) >= 11 is 12.1. The van der Waals surface area contributed by atoms with E-state index in [1.807, 2.05) is 31.2 Å². The van der Waals surface area contributed by atoms with Crippen LogP contribution in [0.3, 0.4) is 0 Å². The number of aliphatic hydroxyl groups is 1. The van der Waals surface area contributed by atoms with Crippen LogP contribution >= 0.6 is 23.2 Å². The molecular formula is C20H24Cl2NO+. The van der Waals surface area contributed by atoms with E-state index < -0.39 is 5.60 Å². The summed E-state index contributed by atoms with van der Waals surface area (Å²) in [4.78, 5) is 0. The zero-order valence-electron chi connectivity index (χ0n) is 14.2. The lowest BCUT2D eigenvalue weighted by Gasteiger charge is -2.47. The fourth-order valence-electron chi connectivity index (χ4n) is 3.87. The Kier molecular flexibility index (Phi) is 4.94. The van der Waals surface area contributed by atoms with Crippen LogP contribution in [-0.4, -0.2) is 10.7 Å². The SMILES string of the molecule is C[C@@H]1[C@@H](c2ccc(Cl)cc2)[NH2+][C@H](c2ccc(Cl)cc2)[C@H](C)C1(C)O. The molecule has 1 heterocycles. The van der Waals surface area contributed by atoms with Gasteiger partial charge in [-0.25, -0.2) is 0 Å². The van der Waals surface area contributed by atoms with Crippen LogP contribution in [0.25, 0.3) is 0 Å². The van der Waals surface area contributed by atoms with Crippen molar-refractivity contribution < 1.29 is 10.4 Å². The van der Waals surface area contributed by atoms with Gasteiger partial charge in [0.2, 0.25) is 0 Å². The van der Waals surface area contributed by atoms with Crippen molar-refractivity contribution in [2.45, 2.75) is 38.5 Å². The molecule has 1 aliphatic heterocycles. The van der Waals surface area contributed by atoms with Gasteiger partial charge in [-0.15, -0.1) is 0 Å². The first-order valence-electron chi connectivity index (χ1n) is 8.39. The predicted octanol–water partition coefficient (Wildman–Crippen LogP) is 4.38. The van der Waals surface area contributed by atoms with Crippen LogP contribution in [0.4, 0.5) is 0 Å². The van der Waals surface area contributed by atoms with E-state index in [2.05, 4.69) is 43.4 Å². The highest BCUT2D eigenvalue weighted by molar-refractivity contribution is 6.30. The van der Waals surface area contributed by atoms with Gasteiger partial charge < -0.3 is 10.4 Å². The highest BCUT2D eigenvalue weighted by Gasteiger charge is 2.51. The Morgan fingerprint density at radius 2 is 1.12 bits per heavy atom. The fourth-order valence-corrected chi connectivity index (χ4v) is 4.12. The molecule has 0 spiro atoms. The molecule has 2 aromatic carbocycles. The lowest BCUT2D eigenvalue weighted by Crippen LogP contribution is -2.93. The maximum Gasteiger partial charge on any atom is 0.117 e. The summed E-state index contributed by atoms with van der Waals surface area (Å²) in [5, 5.41) is 15.1. The summed E-state index contributed by atoms with van der Waals surface area (Å²) in [5.74, 6) is 0.245. The van der Waals surface area contributed by atoms with Crippen LogP contribution in [0, 0.1) is 11.8 Å². The average molecular weight is 365 g/mol. The zero-order chi connectivity index (χ0) is 17.5. The monoisotopic (exact) mass is 364 g/mol. The lowest BCUT2D eigenvalue weighted by molar-refractivity contribution is -0.763. The summed E-state index contributed by atoms with van der Waals surface area (Å²) < 4.78 is 0. The molecule has 4 heteroatoms. The second-order valence-electron chi connectivity index (χ2n) is 7.15. The molecule has 1 fully saturated rings. The molecule has 0 saturated carbocycles. The highest BCUT2D eigenvalue weighted by Crippen LogP contribution is 2.42. The summed E-state index contributed by atoms with van der Waals surface area (Å²) in [7, 11) is 0. The average Bonchev–Trinajstić information content (AvgIpc) is 2.56. The topological polar surface area (TPSA) is 36.8 Å². The number of rotatable bonds is 2. The number of hydrogen-bond donors (Lipinski definition) is 2. The Balaban J connectivity index is 1.98. The summed E-state index contributed by atoms with van der Waals surface area (Å²) in [6.45, 7) is 6.22. The first kappa shape index (κ1) is 17.8. The molecule has 2 nitrogen and oxygen atoms in total. The number of benzene rings is 2. The van der Waals surface area contributed by atoms with Crippen molar-refractivity contribution in [2.24, 2.45) is 11.8 Å². The Bertz CT molecular complexity index is 637. The van der Waals surface area contributed by atoms with Gasteiger partial charge in [-0.3, -0.25) is 0 Å². The van der Waals surface area contributed by atoms with E-state index in [0.717, 1.165) is 10.0 Å². The number of quaternary nitrogens is 1. The normalized spacial score (nSPS) is 33.4. The van der Waals surface area contributed by atoms with Crippen molar-refractivity contribution in [1.82, 2.24) is 0 Å². The molecule has 3 rings (SSSR count). The van der Waals surface area contributed by atoms with Gasteiger partial charge in [0.05, 0.1) is 5.60 Å². The van der Waals surface area contributed by atoms with Gasteiger partial charge in [0.25, 0.3) is 0 Å². The molecule has 0 aliphatic carbocycles. The molecule has 128 valence electrons. The summed E-state index contributed by atoms with van der Waals surface area (Å²) in [5.41, 5.74) is 1.62. The number of nitrogens with two attached hydrogens (primary N) is 1. The lowest BCUT2D eigenvalue weighted by atomic mass is 9.67. The van der Waals surface area contributed by atoms with Gasteiger partial charge in [0.1, 0.15) is 12.1 Å². The number of hydrogen-bond acceptors (Lipinski definition) is 1. The van der Waals surface area contributed by atoms with Crippen molar-refractivity contribution in [1.29, 1.82) is 0 Å². The van der Waals surface area contributed by atoms with Crippen LogP contribution < -0.4 is 5.32 Å². The molecule has 0 bridgehead atoms. The van der Waals surface area contributed by atoms with Crippen LogP contribution in [-0.2, 0) is 0 Å². The van der Waals surface area contributed by atoms with E-state index in [9.17, 15) is 5.11 Å². The molecule has 3 N–H and O–H groups in total. The zero-order valence-corrected chi connectivity index (χ0v) is 15.7. The first-order valence-corrected chi connectivity index (χ1v) is 9.14. The van der Waals surface area contributed by atoms with Gasteiger partial charge >= 0.3 is 0 Å². The van der Waals surface area contributed by atoms with E-state index in [0.29, 0.717) is 0 Å². The quantitative estimate of drug-likeness (QED) is 0.814. The first-order chi connectivity index (χ1) is 11.3. The van der Waals surface area contributed by atoms with Crippen molar-refractivity contribution in [2.75, 3.05) is 0 Å². The van der Waals surface area contributed by atoms with E-state index in [4.69, 9.17) is 23.2 Å². The second-order valence-corrected chi connectivity index (χ2v) is 8.02. The molecular weight excluding hydrogens is 341 g/mol. The molecule has 24 heavy (non-hydrogen) atoms. The van der Waals surface area contributed by atoms with Gasteiger partial charge in [0, 0.05) is 33.0 Å². The molecule has 5 atom stereocenters. The van der Waals surface area contributed by atoms with Gasteiger partial charge in [-0.05, 0) is 31.2 Å².